The molecule has 0 amide bonds. The van der Waals surface area contributed by atoms with E-state index in [-0.39, 0.29) is 0 Å². The Bertz CT molecular complexity index is 221. The lowest BCUT2D eigenvalue weighted by Gasteiger charge is -2.45. The summed E-state index contributed by atoms with van der Waals surface area (Å²) in [7, 11) is 1.41. The topological polar surface area (TPSA) is 77.4 Å². The normalized spacial score (nSPS) is 51.2. The zero-order valence-electron chi connectivity index (χ0n) is 8.70. The first-order valence-corrected chi connectivity index (χ1v) is 4.95. The van der Waals surface area contributed by atoms with Crippen LogP contribution < -0.4 is 0 Å². The molecule has 0 bridgehead atoms. The molecule has 0 radical (unpaired) electrons. The van der Waals surface area contributed by atoms with E-state index in [1.165, 1.54) is 7.11 Å². The fourth-order valence-electron chi connectivity index (χ4n) is 1.89. The predicted molar refractivity (Wildman–Crippen MR) is 48.0 cm³/mol. The molecule has 0 spiro atoms. The summed E-state index contributed by atoms with van der Waals surface area (Å²) in [4.78, 5) is 0. The van der Waals surface area contributed by atoms with Crippen LogP contribution in [-0.2, 0) is 18.9 Å². The van der Waals surface area contributed by atoms with Gasteiger partial charge in [-0.05, 0) is 6.92 Å². The van der Waals surface area contributed by atoms with Crippen LogP contribution in [0.4, 0.5) is 0 Å². The number of aliphatic hydroxyl groups is 2. The van der Waals surface area contributed by atoms with Gasteiger partial charge in [-0.3, -0.25) is 0 Å². The number of ether oxygens (including phenoxy) is 4. The van der Waals surface area contributed by atoms with Crippen molar-refractivity contribution in [3.05, 3.63) is 0 Å². The molecule has 0 unspecified atom stereocenters. The van der Waals surface area contributed by atoms with E-state index in [0.717, 1.165) is 0 Å². The summed E-state index contributed by atoms with van der Waals surface area (Å²) < 4.78 is 20.9. The summed E-state index contributed by atoms with van der Waals surface area (Å²) in [6.45, 7) is 2.06. The van der Waals surface area contributed by atoms with Gasteiger partial charge in [0.05, 0.1) is 6.61 Å². The van der Waals surface area contributed by atoms with Crippen molar-refractivity contribution in [2.45, 2.75) is 43.9 Å². The van der Waals surface area contributed by atoms with E-state index in [1.807, 2.05) is 0 Å². The lowest BCUT2D eigenvalue weighted by Crippen LogP contribution is -2.62. The van der Waals surface area contributed by atoms with E-state index < -0.39 is 37.0 Å². The highest BCUT2D eigenvalue weighted by atomic mass is 16.7. The van der Waals surface area contributed by atoms with Crippen molar-refractivity contribution >= 4 is 0 Å². The minimum absolute atomic E-state index is 0.329. The summed E-state index contributed by atoms with van der Waals surface area (Å²) >= 11 is 0. The van der Waals surface area contributed by atoms with Gasteiger partial charge in [0.1, 0.15) is 24.4 Å². The predicted octanol–water partition coefficient (Wildman–Crippen LogP) is -1.16. The van der Waals surface area contributed by atoms with Crippen molar-refractivity contribution in [3.63, 3.8) is 0 Å². The third-order valence-electron chi connectivity index (χ3n) is 2.72. The van der Waals surface area contributed by atoms with Gasteiger partial charge in [-0.15, -0.1) is 0 Å². The monoisotopic (exact) mass is 220 g/mol. The quantitative estimate of drug-likeness (QED) is 0.580. The third-order valence-corrected chi connectivity index (χ3v) is 2.72. The first-order valence-electron chi connectivity index (χ1n) is 4.95. The summed E-state index contributed by atoms with van der Waals surface area (Å²) in [5.41, 5.74) is 0. The van der Waals surface area contributed by atoms with Crippen LogP contribution in [0.5, 0.6) is 0 Å². The van der Waals surface area contributed by atoms with Crippen molar-refractivity contribution in [2.24, 2.45) is 0 Å². The number of rotatable bonds is 1. The maximum atomic E-state index is 9.80. The van der Waals surface area contributed by atoms with E-state index in [1.54, 1.807) is 6.92 Å². The van der Waals surface area contributed by atoms with Crippen LogP contribution in [0.1, 0.15) is 6.92 Å². The Morgan fingerprint density at radius 3 is 2.60 bits per heavy atom. The largest absolute Gasteiger partial charge is 0.387 e. The van der Waals surface area contributed by atoms with Crippen LogP contribution in [0.25, 0.3) is 0 Å². The van der Waals surface area contributed by atoms with Gasteiger partial charge in [0.15, 0.2) is 12.6 Å². The zero-order valence-corrected chi connectivity index (χ0v) is 8.70. The lowest BCUT2D eigenvalue weighted by atomic mass is 9.98. The smallest absolute Gasteiger partial charge is 0.186 e. The molecule has 88 valence electrons. The Labute approximate surface area is 87.7 Å². The second-order valence-corrected chi connectivity index (χ2v) is 3.76. The van der Waals surface area contributed by atoms with Crippen molar-refractivity contribution in [3.8, 4) is 0 Å². The van der Waals surface area contributed by atoms with Crippen LogP contribution in [0.3, 0.4) is 0 Å². The molecule has 2 rings (SSSR count). The first kappa shape index (κ1) is 11.3. The molecule has 6 atom stereocenters. The highest BCUT2D eigenvalue weighted by Crippen LogP contribution is 2.28. The Hall–Kier alpha value is -0.240. The van der Waals surface area contributed by atoms with Crippen molar-refractivity contribution in [2.75, 3.05) is 13.7 Å². The van der Waals surface area contributed by atoms with E-state index >= 15 is 0 Å². The minimum Gasteiger partial charge on any atom is -0.387 e. The second-order valence-electron chi connectivity index (χ2n) is 3.76. The second kappa shape index (κ2) is 4.32. The average molecular weight is 220 g/mol. The van der Waals surface area contributed by atoms with Gasteiger partial charge in [0.2, 0.25) is 0 Å². The van der Waals surface area contributed by atoms with Gasteiger partial charge in [0.25, 0.3) is 0 Å². The highest BCUT2D eigenvalue weighted by Gasteiger charge is 2.48. The highest BCUT2D eigenvalue weighted by molar-refractivity contribution is 4.91. The fraction of sp³-hybridized carbons (Fsp3) is 1.00. The molecule has 0 aliphatic carbocycles. The van der Waals surface area contributed by atoms with Crippen LogP contribution in [0.15, 0.2) is 0 Å². The molecule has 2 heterocycles. The standard InChI is InChI=1S/C9H16O6/c1-4-13-3-5-8(14-4)6(10)7(11)9(12-2)15-5/h4-11H,3H2,1-2H3/t4-,5+,6+,7+,8-,9+/m0/s1. The molecule has 6 heteroatoms. The molecule has 0 aromatic rings. The molecule has 0 aromatic heterocycles. The van der Waals surface area contributed by atoms with E-state index in [2.05, 4.69) is 0 Å². The zero-order chi connectivity index (χ0) is 11.0. The van der Waals surface area contributed by atoms with E-state index in [0.29, 0.717) is 6.61 Å². The maximum absolute atomic E-state index is 9.80. The maximum Gasteiger partial charge on any atom is 0.186 e. The summed E-state index contributed by atoms with van der Waals surface area (Å²) in [6.07, 6.45) is -4.29. The fourth-order valence-corrected chi connectivity index (χ4v) is 1.89. The molecule has 6 nitrogen and oxygen atoms in total. The summed E-state index contributed by atoms with van der Waals surface area (Å²) in [5, 5.41) is 19.4. The molecule has 2 saturated heterocycles. The molecular formula is C9H16O6. The Morgan fingerprint density at radius 1 is 1.20 bits per heavy atom. The number of fused-ring (bicyclic) bond motifs is 1. The number of aliphatic hydroxyl groups excluding tert-OH is 2. The first-order chi connectivity index (χ1) is 7.13. The van der Waals surface area contributed by atoms with Crippen LogP contribution in [0, 0.1) is 0 Å². The van der Waals surface area contributed by atoms with Gasteiger partial charge in [0, 0.05) is 7.11 Å². The molecule has 15 heavy (non-hydrogen) atoms. The molecule has 2 aliphatic rings. The third kappa shape index (κ3) is 2.01. The lowest BCUT2D eigenvalue weighted by molar-refractivity contribution is -0.352. The van der Waals surface area contributed by atoms with Crippen molar-refractivity contribution in [1.82, 2.24) is 0 Å². The van der Waals surface area contributed by atoms with E-state index in [9.17, 15) is 10.2 Å². The summed E-state index contributed by atoms with van der Waals surface area (Å²) in [6, 6.07) is 0. The molecule has 2 N–H and O–H groups in total. The molecular weight excluding hydrogens is 204 g/mol. The Kier molecular flexibility index (Phi) is 3.24. The van der Waals surface area contributed by atoms with Gasteiger partial charge in [-0.2, -0.15) is 0 Å². The average Bonchev–Trinajstić information content (AvgIpc) is 2.24. The SMILES string of the molecule is CO[C@@H]1O[C@@H]2CO[C@H](C)O[C@@H]2[C@H](O)[C@H]1O. The molecule has 2 aliphatic heterocycles. The number of hydrogen-bond donors (Lipinski definition) is 2. The van der Waals surface area contributed by atoms with Gasteiger partial charge in [-0.25, -0.2) is 0 Å². The van der Waals surface area contributed by atoms with E-state index in [4.69, 9.17) is 18.9 Å². The molecule has 2 fully saturated rings. The van der Waals surface area contributed by atoms with Gasteiger partial charge < -0.3 is 29.2 Å². The minimum atomic E-state index is -1.10. The van der Waals surface area contributed by atoms with Gasteiger partial charge in [-0.1, -0.05) is 0 Å². The number of hydrogen-bond acceptors (Lipinski definition) is 6. The van der Waals surface area contributed by atoms with Crippen molar-refractivity contribution in [1.29, 1.82) is 0 Å². The van der Waals surface area contributed by atoms with Crippen LogP contribution >= 0.6 is 0 Å². The molecule has 0 saturated carbocycles. The van der Waals surface area contributed by atoms with Crippen LogP contribution in [-0.4, -0.2) is 60.9 Å². The Morgan fingerprint density at radius 2 is 1.93 bits per heavy atom. The van der Waals surface area contributed by atoms with Crippen LogP contribution in [0.2, 0.25) is 0 Å². The number of methoxy groups -OCH3 is 1. The Balaban J connectivity index is 2.07. The molecule has 0 aromatic carbocycles. The van der Waals surface area contributed by atoms with Crippen molar-refractivity contribution < 1.29 is 29.2 Å². The summed E-state index contributed by atoms with van der Waals surface area (Å²) in [5.74, 6) is 0. The van der Waals surface area contributed by atoms with Gasteiger partial charge >= 0.3 is 0 Å².